The van der Waals surface area contributed by atoms with Gasteiger partial charge in [-0.3, -0.25) is 0 Å². The molecule has 0 fully saturated rings. The van der Waals surface area contributed by atoms with Crippen LogP contribution in [0.1, 0.15) is 12.5 Å². The van der Waals surface area contributed by atoms with Crippen molar-refractivity contribution in [2.75, 3.05) is 0 Å². The number of hydrogen-bond donors (Lipinski definition) is 0. The monoisotopic (exact) mass is 200 g/mol. The van der Waals surface area contributed by atoms with Gasteiger partial charge in [-0.25, -0.2) is 0 Å². The van der Waals surface area contributed by atoms with Crippen LogP contribution in [0.3, 0.4) is 0 Å². The maximum atomic E-state index is 3.00. The molecule has 1 aromatic carbocycles. The Hall–Kier alpha value is 0.585. The predicted octanol–water partition coefficient (Wildman–Crippen LogP) is -1.14. The Morgan fingerprint density at radius 2 is 2.20 bits per heavy atom. The molecule has 0 aliphatic carbocycles. The number of benzene rings is 1. The summed E-state index contributed by atoms with van der Waals surface area (Å²) in [5.74, 6) is 5.70. The second-order valence-electron chi connectivity index (χ2n) is 1.65. The molecule has 1 rings (SSSR count). The summed E-state index contributed by atoms with van der Waals surface area (Å²) >= 11 is 0. The topological polar surface area (TPSA) is 0 Å². The molecule has 0 atom stereocenters. The fraction of sp³-hybridized carbons (Fsp3) is 0.111. The van der Waals surface area contributed by atoms with Crippen LogP contribution < -0.4 is 58.2 Å². The van der Waals surface area contributed by atoms with E-state index in [1.54, 1.807) is 0 Å². The van der Waals surface area contributed by atoms with Gasteiger partial charge in [0.05, 0.1) is 0 Å². The molecular weight excluding hydrogens is 194 g/mol. The van der Waals surface area contributed by atoms with Gasteiger partial charge in [-0.1, -0.05) is 0 Å². The van der Waals surface area contributed by atoms with E-state index in [4.69, 9.17) is 0 Å². The van der Waals surface area contributed by atoms with Crippen molar-refractivity contribution < 1.29 is 58.2 Å². The molecule has 0 aliphatic rings. The Balaban J connectivity index is 0.000000810. The van der Waals surface area contributed by atoms with Gasteiger partial charge >= 0.3 is 58.2 Å². The molecule has 0 unspecified atom stereocenters. The van der Waals surface area contributed by atoms with E-state index in [0.29, 0.717) is 0 Å². The van der Waals surface area contributed by atoms with Crippen molar-refractivity contribution in [2.45, 2.75) is 6.92 Å². The van der Waals surface area contributed by atoms with Crippen molar-refractivity contribution in [3.8, 4) is 11.8 Å². The molecule has 1 heteroatoms. The van der Waals surface area contributed by atoms with E-state index in [9.17, 15) is 0 Å². The molecule has 0 amide bonds. The second kappa shape index (κ2) is 6.31. The van der Waals surface area contributed by atoms with Gasteiger partial charge in [-0.05, 0) is 6.92 Å². The first kappa shape index (κ1) is 10.6. The first-order valence-corrected chi connectivity index (χ1v) is 2.83. The van der Waals surface area contributed by atoms with Crippen LogP contribution in [-0.4, -0.2) is 0 Å². The maximum Gasteiger partial charge on any atom is 1.00 e. The van der Waals surface area contributed by atoms with Crippen LogP contribution in [0.2, 0.25) is 0 Å². The van der Waals surface area contributed by atoms with Crippen LogP contribution in [-0.2, 0) is 0 Å². The van der Waals surface area contributed by atoms with Gasteiger partial charge in [0.25, 0.3) is 0 Å². The Morgan fingerprint density at radius 3 is 2.70 bits per heavy atom. The molecular formula is C9H7Rb. The van der Waals surface area contributed by atoms with E-state index >= 15 is 0 Å². The van der Waals surface area contributed by atoms with Crippen LogP contribution in [0.4, 0.5) is 0 Å². The van der Waals surface area contributed by atoms with Gasteiger partial charge in [0.15, 0.2) is 0 Å². The van der Waals surface area contributed by atoms with Gasteiger partial charge in [-0.2, -0.15) is 11.8 Å². The normalized spacial score (nSPS) is 6.90. The molecule has 0 saturated heterocycles. The van der Waals surface area contributed by atoms with Crippen LogP contribution in [0.15, 0.2) is 24.3 Å². The van der Waals surface area contributed by atoms with Crippen molar-refractivity contribution in [2.24, 2.45) is 0 Å². The fourth-order valence-corrected chi connectivity index (χ4v) is 0.606. The number of hydrogen-bond acceptors (Lipinski definition) is 0. The summed E-state index contributed by atoms with van der Waals surface area (Å²) in [7, 11) is 0. The molecule has 0 heterocycles. The molecule has 0 nitrogen and oxygen atoms in total. The SMILES string of the molecule is CC#Cc1[c-]cccc1.[Rb+]. The molecule has 44 valence electrons. The van der Waals surface area contributed by atoms with Gasteiger partial charge < -0.3 is 0 Å². The average Bonchev–Trinajstić information content (AvgIpc) is 1.91. The van der Waals surface area contributed by atoms with E-state index in [1.165, 1.54) is 0 Å². The van der Waals surface area contributed by atoms with E-state index < -0.39 is 0 Å². The Bertz CT molecular complexity index is 228. The summed E-state index contributed by atoms with van der Waals surface area (Å²) in [6, 6.07) is 10.7. The first-order valence-electron chi connectivity index (χ1n) is 2.83. The standard InChI is InChI=1S/C9H7.Rb/c1-2-6-9-7-4-3-5-8-9;/h3-5,7H,1H3;/q-1;+1. The summed E-state index contributed by atoms with van der Waals surface area (Å²) in [6.45, 7) is 1.82. The van der Waals surface area contributed by atoms with Crippen molar-refractivity contribution in [1.29, 1.82) is 0 Å². The van der Waals surface area contributed by atoms with Crippen molar-refractivity contribution in [3.05, 3.63) is 35.9 Å². The zero-order chi connectivity index (χ0) is 6.53. The largest absolute Gasteiger partial charge is 1.00 e. The van der Waals surface area contributed by atoms with E-state index in [-0.39, 0.29) is 58.2 Å². The maximum absolute atomic E-state index is 3.00. The molecule has 0 radical (unpaired) electrons. The van der Waals surface area contributed by atoms with E-state index in [2.05, 4.69) is 17.9 Å². The van der Waals surface area contributed by atoms with E-state index in [1.807, 2.05) is 31.2 Å². The summed E-state index contributed by atoms with van der Waals surface area (Å²) in [6.07, 6.45) is 0. The average molecular weight is 201 g/mol. The molecule has 10 heavy (non-hydrogen) atoms. The number of rotatable bonds is 0. The molecule has 0 bridgehead atoms. The van der Waals surface area contributed by atoms with Gasteiger partial charge in [0, 0.05) is 0 Å². The smallest absolute Gasteiger partial charge is 0.192 e. The first-order chi connectivity index (χ1) is 4.43. The molecule has 0 saturated carbocycles. The van der Waals surface area contributed by atoms with Crippen LogP contribution in [0.5, 0.6) is 0 Å². The zero-order valence-corrected chi connectivity index (χ0v) is 11.2. The van der Waals surface area contributed by atoms with E-state index in [0.717, 1.165) is 5.56 Å². The molecule has 1 aromatic rings. The van der Waals surface area contributed by atoms with Crippen LogP contribution in [0.25, 0.3) is 0 Å². The quantitative estimate of drug-likeness (QED) is 0.367. The second-order valence-corrected chi connectivity index (χ2v) is 1.65. The van der Waals surface area contributed by atoms with Crippen molar-refractivity contribution in [3.63, 3.8) is 0 Å². The van der Waals surface area contributed by atoms with Crippen molar-refractivity contribution in [1.82, 2.24) is 0 Å². The predicted molar refractivity (Wildman–Crippen MR) is 37.8 cm³/mol. The minimum Gasteiger partial charge on any atom is -0.192 e. The van der Waals surface area contributed by atoms with Crippen LogP contribution >= 0.6 is 0 Å². The third kappa shape index (κ3) is 3.68. The summed E-state index contributed by atoms with van der Waals surface area (Å²) in [4.78, 5) is 0. The minimum absolute atomic E-state index is 0. The summed E-state index contributed by atoms with van der Waals surface area (Å²) < 4.78 is 0. The van der Waals surface area contributed by atoms with Crippen LogP contribution in [0, 0.1) is 17.9 Å². The third-order valence-electron chi connectivity index (χ3n) is 0.969. The molecule has 0 N–H and O–H groups in total. The van der Waals surface area contributed by atoms with Gasteiger partial charge in [-0.15, -0.1) is 35.9 Å². The molecule has 0 aliphatic heterocycles. The van der Waals surface area contributed by atoms with Gasteiger partial charge in [0.2, 0.25) is 0 Å². The third-order valence-corrected chi connectivity index (χ3v) is 0.969. The Labute approximate surface area is 111 Å². The minimum atomic E-state index is 0. The summed E-state index contributed by atoms with van der Waals surface area (Å²) in [5, 5.41) is 0. The Kier molecular flexibility index (Phi) is 6.67. The molecule has 0 aromatic heterocycles. The fourth-order valence-electron chi connectivity index (χ4n) is 0.606. The summed E-state index contributed by atoms with van der Waals surface area (Å²) in [5.41, 5.74) is 0.958. The van der Waals surface area contributed by atoms with Gasteiger partial charge in [0.1, 0.15) is 0 Å². The molecule has 0 spiro atoms. The Morgan fingerprint density at radius 1 is 1.40 bits per heavy atom. The van der Waals surface area contributed by atoms with Crippen molar-refractivity contribution >= 4 is 0 Å². The zero-order valence-electron chi connectivity index (χ0n) is 6.31.